The van der Waals surface area contributed by atoms with Crippen molar-refractivity contribution in [2.45, 2.75) is 46.6 Å². The molecule has 0 aromatic carbocycles. The molecule has 13 nitrogen and oxygen atoms in total. The van der Waals surface area contributed by atoms with E-state index in [2.05, 4.69) is 25.4 Å². The topological polar surface area (TPSA) is 154 Å². The van der Waals surface area contributed by atoms with Gasteiger partial charge in [0.25, 0.3) is 11.1 Å². The lowest BCUT2D eigenvalue weighted by Gasteiger charge is -2.14. The van der Waals surface area contributed by atoms with Crippen LogP contribution in [-0.4, -0.2) is 44.3 Å². The summed E-state index contributed by atoms with van der Waals surface area (Å²) >= 11 is 0. The Morgan fingerprint density at radius 1 is 1.11 bits per heavy atom. The Morgan fingerprint density at radius 3 is 2.43 bits per heavy atom. The quantitative estimate of drug-likeness (QED) is 0.423. The lowest BCUT2D eigenvalue weighted by Crippen LogP contribution is -2.37. The second-order valence-corrected chi connectivity index (χ2v) is 9.48. The molecular weight excluding hydrogens is 454 g/mol. The first-order chi connectivity index (χ1) is 16.3. The molecule has 0 atom stereocenters. The van der Waals surface area contributed by atoms with Gasteiger partial charge in [0.1, 0.15) is 12.4 Å². The van der Waals surface area contributed by atoms with Crippen LogP contribution in [-0.2, 0) is 30.8 Å². The van der Waals surface area contributed by atoms with Gasteiger partial charge in [-0.15, -0.1) is 0 Å². The molecule has 35 heavy (non-hydrogen) atoms. The van der Waals surface area contributed by atoms with Gasteiger partial charge in [-0.2, -0.15) is 9.78 Å². The van der Waals surface area contributed by atoms with Gasteiger partial charge in [0.2, 0.25) is 11.9 Å². The summed E-state index contributed by atoms with van der Waals surface area (Å²) in [6, 6.07) is 1.71. The first-order valence-corrected chi connectivity index (χ1v) is 10.9. The summed E-state index contributed by atoms with van der Waals surface area (Å²) in [7, 11) is 2.87. The Bertz CT molecular complexity index is 1660. The molecule has 0 fully saturated rings. The Kier molecular flexibility index (Phi) is 5.58. The maximum absolute atomic E-state index is 13.0. The summed E-state index contributed by atoms with van der Waals surface area (Å²) in [5.41, 5.74) is 0.315. The van der Waals surface area contributed by atoms with Gasteiger partial charge in [-0.25, -0.2) is 14.8 Å². The number of hydrogen-bond acceptors (Lipinski definition) is 7. The van der Waals surface area contributed by atoms with Gasteiger partial charge in [0.05, 0.1) is 12.0 Å². The predicted octanol–water partition coefficient (Wildman–Crippen LogP) is 0.256. The van der Waals surface area contributed by atoms with Crippen molar-refractivity contribution in [3.8, 4) is 5.95 Å². The van der Waals surface area contributed by atoms with Crippen LogP contribution in [0.4, 0.5) is 5.82 Å². The van der Waals surface area contributed by atoms with Gasteiger partial charge in [-0.3, -0.25) is 28.5 Å². The first kappa shape index (κ1) is 23.9. The zero-order valence-electron chi connectivity index (χ0n) is 20.6. The molecule has 4 rings (SSSR count). The minimum atomic E-state index is -0.551. The van der Waals surface area contributed by atoms with Crippen LogP contribution < -0.4 is 22.1 Å². The number of carbonyl (C=O) groups is 1. The number of amides is 1. The molecule has 0 aliphatic rings. The van der Waals surface area contributed by atoms with E-state index in [4.69, 9.17) is 0 Å². The third-order valence-corrected chi connectivity index (χ3v) is 5.86. The Labute approximate surface area is 199 Å². The number of imidazole rings is 1. The second-order valence-electron chi connectivity index (χ2n) is 9.48. The summed E-state index contributed by atoms with van der Waals surface area (Å²) in [6.07, 6.45) is 1.34. The summed E-state index contributed by atoms with van der Waals surface area (Å²) in [6.45, 7) is 9.07. The molecule has 0 saturated carbocycles. The number of anilines is 1. The number of aromatic nitrogens is 8. The average Bonchev–Trinajstić information content (AvgIpc) is 3.38. The molecule has 0 bridgehead atoms. The van der Waals surface area contributed by atoms with Crippen LogP contribution >= 0.6 is 0 Å². The highest BCUT2D eigenvalue weighted by Crippen LogP contribution is 2.25. The van der Waals surface area contributed by atoms with Gasteiger partial charge in [-0.1, -0.05) is 20.8 Å². The van der Waals surface area contributed by atoms with Crippen LogP contribution in [0.25, 0.3) is 17.1 Å². The monoisotopic (exact) mass is 481 g/mol. The molecular formula is C22H27N9O4. The summed E-state index contributed by atoms with van der Waals surface area (Å²) < 4.78 is 4.97. The van der Waals surface area contributed by atoms with Crippen LogP contribution in [0.15, 0.2) is 26.8 Å². The van der Waals surface area contributed by atoms with Crippen molar-refractivity contribution in [2.75, 3.05) is 5.32 Å². The number of hydrogen-bond donors (Lipinski definition) is 2. The SMILES string of the molecule is Cc1nc(-n2nc(C(C)(C)C)cc2NC(=O)Cn2cnc3c2c(=O)n(C)c(=O)n3C)[nH]c(=O)c1C. The van der Waals surface area contributed by atoms with Gasteiger partial charge in [-0.05, 0) is 13.8 Å². The number of aromatic amines is 1. The zero-order chi connectivity index (χ0) is 25.8. The van der Waals surface area contributed by atoms with Crippen molar-refractivity contribution in [1.82, 2.24) is 38.4 Å². The summed E-state index contributed by atoms with van der Waals surface area (Å²) in [5, 5.41) is 7.36. The van der Waals surface area contributed by atoms with E-state index in [1.807, 2.05) is 20.8 Å². The number of nitrogens with one attached hydrogen (secondary N) is 2. The maximum atomic E-state index is 13.0. The molecule has 13 heteroatoms. The van der Waals surface area contributed by atoms with E-state index < -0.39 is 17.2 Å². The highest BCUT2D eigenvalue weighted by molar-refractivity contribution is 5.91. The van der Waals surface area contributed by atoms with E-state index in [9.17, 15) is 19.2 Å². The smallest absolute Gasteiger partial charge is 0.315 e. The fraction of sp³-hybridized carbons (Fsp3) is 0.409. The van der Waals surface area contributed by atoms with E-state index in [0.29, 0.717) is 22.8 Å². The zero-order valence-corrected chi connectivity index (χ0v) is 20.6. The van der Waals surface area contributed by atoms with Crippen LogP contribution in [0.3, 0.4) is 0 Å². The highest BCUT2D eigenvalue weighted by atomic mass is 16.2. The third kappa shape index (κ3) is 4.09. The molecule has 0 aliphatic carbocycles. The summed E-state index contributed by atoms with van der Waals surface area (Å²) in [5.74, 6) is 0.00453. The molecule has 184 valence electrons. The van der Waals surface area contributed by atoms with E-state index in [-0.39, 0.29) is 34.6 Å². The van der Waals surface area contributed by atoms with Crippen molar-refractivity contribution in [3.63, 3.8) is 0 Å². The number of carbonyl (C=O) groups excluding carboxylic acids is 1. The molecule has 0 spiro atoms. The first-order valence-electron chi connectivity index (χ1n) is 10.9. The maximum Gasteiger partial charge on any atom is 0.332 e. The van der Waals surface area contributed by atoms with Gasteiger partial charge in [0, 0.05) is 36.8 Å². The number of aryl methyl sites for hydroxylation is 2. The van der Waals surface area contributed by atoms with E-state index in [1.165, 1.54) is 34.2 Å². The number of rotatable bonds is 4. The highest BCUT2D eigenvalue weighted by Gasteiger charge is 2.23. The van der Waals surface area contributed by atoms with Crippen molar-refractivity contribution in [3.05, 3.63) is 60.5 Å². The third-order valence-electron chi connectivity index (χ3n) is 5.86. The Morgan fingerprint density at radius 2 is 1.80 bits per heavy atom. The molecule has 4 heterocycles. The minimum Gasteiger partial charge on any atom is -0.315 e. The molecule has 1 amide bonds. The normalized spacial score (nSPS) is 11.9. The van der Waals surface area contributed by atoms with Crippen LogP contribution in [0.1, 0.15) is 37.7 Å². The van der Waals surface area contributed by atoms with E-state index in [0.717, 1.165) is 4.57 Å². The number of fused-ring (bicyclic) bond motifs is 1. The van der Waals surface area contributed by atoms with Crippen LogP contribution in [0.5, 0.6) is 0 Å². The molecule has 0 radical (unpaired) electrons. The fourth-order valence-electron chi connectivity index (χ4n) is 3.58. The summed E-state index contributed by atoms with van der Waals surface area (Å²) in [4.78, 5) is 61.4. The Hall–Kier alpha value is -4.29. The van der Waals surface area contributed by atoms with Crippen LogP contribution in [0.2, 0.25) is 0 Å². The molecule has 4 aromatic rings. The second kappa shape index (κ2) is 8.18. The molecule has 4 aromatic heterocycles. The molecule has 2 N–H and O–H groups in total. The predicted molar refractivity (Wildman–Crippen MR) is 129 cm³/mol. The lowest BCUT2D eigenvalue weighted by atomic mass is 9.92. The average molecular weight is 482 g/mol. The fourth-order valence-corrected chi connectivity index (χ4v) is 3.58. The molecule has 0 saturated heterocycles. The minimum absolute atomic E-state index is 0.133. The van der Waals surface area contributed by atoms with E-state index in [1.54, 1.807) is 19.9 Å². The van der Waals surface area contributed by atoms with Gasteiger partial charge in [0.15, 0.2) is 11.2 Å². The van der Waals surface area contributed by atoms with Crippen molar-refractivity contribution in [1.29, 1.82) is 0 Å². The van der Waals surface area contributed by atoms with Gasteiger partial charge < -0.3 is 9.88 Å². The van der Waals surface area contributed by atoms with Crippen molar-refractivity contribution >= 4 is 22.9 Å². The standard InChI is InChI=1S/C22H27N9O4/c1-11-12(2)24-20(26-18(11)33)31-14(8-13(27-31)22(3,4)5)25-15(32)9-30-10-23-17-16(30)19(34)29(7)21(35)28(17)6/h8,10H,9H2,1-7H3,(H,25,32)(H,24,26,33). The largest absolute Gasteiger partial charge is 0.332 e. The Balaban J connectivity index is 1.74. The number of nitrogens with zero attached hydrogens (tertiary/aromatic N) is 7. The van der Waals surface area contributed by atoms with Crippen molar-refractivity contribution < 1.29 is 4.79 Å². The van der Waals surface area contributed by atoms with Crippen LogP contribution in [0, 0.1) is 13.8 Å². The molecule has 0 unspecified atom stereocenters. The number of H-pyrrole nitrogens is 1. The van der Waals surface area contributed by atoms with Crippen molar-refractivity contribution in [2.24, 2.45) is 14.1 Å². The lowest BCUT2D eigenvalue weighted by molar-refractivity contribution is -0.116. The van der Waals surface area contributed by atoms with Gasteiger partial charge >= 0.3 is 5.69 Å². The molecule has 0 aliphatic heterocycles. The van der Waals surface area contributed by atoms with E-state index >= 15 is 0 Å².